The molecule has 1 aliphatic rings. The van der Waals surface area contributed by atoms with Gasteiger partial charge in [0.05, 0.1) is 13.0 Å². The number of aliphatic hydroxyl groups excluding tert-OH is 1. The molecule has 4 rings (SSSR count). The monoisotopic (exact) mass is 428 g/mol. The molecule has 1 N–H and O–H groups in total. The summed E-state index contributed by atoms with van der Waals surface area (Å²) in [5, 5.41) is 9.89. The third-order valence-corrected chi connectivity index (χ3v) is 5.42. The van der Waals surface area contributed by atoms with Crippen molar-refractivity contribution in [3.05, 3.63) is 102 Å². The summed E-state index contributed by atoms with van der Waals surface area (Å²) in [6, 6.07) is 27.1. The van der Waals surface area contributed by atoms with Gasteiger partial charge in [0.25, 0.3) is 0 Å². The van der Waals surface area contributed by atoms with Crippen LogP contribution >= 0.6 is 0 Å². The van der Waals surface area contributed by atoms with Gasteiger partial charge in [0.15, 0.2) is 5.60 Å². The van der Waals surface area contributed by atoms with Crippen LogP contribution in [0.15, 0.2) is 90.5 Å². The number of rotatable bonds is 7. The second-order valence-corrected chi connectivity index (χ2v) is 7.89. The third-order valence-electron chi connectivity index (χ3n) is 5.42. The number of cyclic esters (lactones) is 1. The standard InChI is InChI=1S/C27H24O5/c28-18-27(19-31-25(29)16-20-7-3-1-4-8-20)17-24(26(30)32-27)15-21-11-13-23(14-12-21)22-9-5-2-6-10-22/h1-15,28H,16-19H2/b24-15+. The molecule has 5 heteroatoms. The van der Waals surface area contributed by atoms with Crippen LogP contribution in [0.3, 0.4) is 0 Å². The van der Waals surface area contributed by atoms with Gasteiger partial charge < -0.3 is 14.6 Å². The molecule has 32 heavy (non-hydrogen) atoms. The first kappa shape index (κ1) is 21.5. The van der Waals surface area contributed by atoms with Crippen molar-refractivity contribution in [2.75, 3.05) is 13.2 Å². The molecular formula is C27H24O5. The molecule has 0 amide bonds. The van der Waals surface area contributed by atoms with Crippen LogP contribution in [-0.2, 0) is 25.5 Å². The van der Waals surface area contributed by atoms with E-state index in [9.17, 15) is 14.7 Å². The van der Waals surface area contributed by atoms with Crippen LogP contribution in [-0.4, -0.2) is 35.9 Å². The molecule has 0 bridgehead atoms. The quantitative estimate of drug-likeness (QED) is 0.451. The summed E-state index contributed by atoms with van der Waals surface area (Å²) in [4.78, 5) is 24.6. The van der Waals surface area contributed by atoms with E-state index in [-0.39, 0.29) is 19.4 Å². The van der Waals surface area contributed by atoms with Crippen molar-refractivity contribution < 1.29 is 24.2 Å². The molecule has 162 valence electrons. The summed E-state index contributed by atoms with van der Waals surface area (Å²) in [6.45, 7) is -0.618. The van der Waals surface area contributed by atoms with E-state index in [0.717, 1.165) is 22.3 Å². The van der Waals surface area contributed by atoms with Crippen molar-refractivity contribution in [2.24, 2.45) is 0 Å². The lowest BCUT2D eigenvalue weighted by Gasteiger charge is -2.24. The number of hydrogen-bond acceptors (Lipinski definition) is 5. The molecule has 3 aromatic carbocycles. The highest BCUT2D eigenvalue weighted by Crippen LogP contribution is 2.32. The van der Waals surface area contributed by atoms with Gasteiger partial charge in [-0.2, -0.15) is 0 Å². The van der Waals surface area contributed by atoms with E-state index in [0.29, 0.717) is 5.57 Å². The Labute approximate surface area is 186 Å². The van der Waals surface area contributed by atoms with Crippen LogP contribution in [0.25, 0.3) is 17.2 Å². The Bertz CT molecular complexity index is 1100. The molecule has 0 spiro atoms. The summed E-state index contributed by atoms with van der Waals surface area (Å²) >= 11 is 0. The van der Waals surface area contributed by atoms with Gasteiger partial charge in [-0.3, -0.25) is 4.79 Å². The largest absolute Gasteiger partial charge is 0.461 e. The zero-order valence-corrected chi connectivity index (χ0v) is 17.6. The Morgan fingerprint density at radius 2 is 1.56 bits per heavy atom. The lowest BCUT2D eigenvalue weighted by atomic mass is 9.97. The Hall–Kier alpha value is -3.70. The summed E-state index contributed by atoms with van der Waals surface area (Å²) in [5.41, 5.74) is 3.06. The number of carbonyl (C=O) groups is 2. The Kier molecular flexibility index (Phi) is 6.47. The van der Waals surface area contributed by atoms with Crippen molar-refractivity contribution >= 4 is 18.0 Å². The Morgan fingerprint density at radius 3 is 2.22 bits per heavy atom. The smallest absolute Gasteiger partial charge is 0.334 e. The molecule has 0 aliphatic carbocycles. The van der Waals surface area contributed by atoms with E-state index in [2.05, 4.69) is 0 Å². The van der Waals surface area contributed by atoms with Crippen molar-refractivity contribution in [1.82, 2.24) is 0 Å². The first-order valence-electron chi connectivity index (χ1n) is 10.5. The molecule has 5 nitrogen and oxygen atoms in total. The lowest BCUT2D eigenvalue weighted by molar-refractivity contribution is -0.165. The van der Waals surface area contributed by atoms with E-state index in [1.165, 1.54) is 0 Å². The molecule has 1 heterocycles. The van der Waals surface area contributed by atoms with Gasteiger partial charge in [0.1, 0.15) is 6.61 Å². The predicted molar refractivity (Wildman–Crippen MR) is 121 cm³/mol. The third kappa shape index (κ3) is 5.13. The summed E-state index contributed by atoms with van der Waals surface area (Å²) in [5.74, 6) is -0.945. The Balaban J connectivity index is 1.41. The highest BCUT2D eigenvalue weighted by molar-refractivity contribution is 5.96. The minimum absolute atomic E-state index is 0.118. The van der Waals surface area contributed by atoms with E-state index in [1.807, 2.05) is 84.9 Å². The molecule has 3 aromatic rings. The molecular weight excluding hydrogens is 404 g/mol. The molecule has 1 saturated heterocycles. The fourth-order valence-electron chi connectivity index (χ4n) is 3.67. The van der Waals surface area contributed by atoms with Gasteiger partial charge >= 0.3 is 11.9 Å². The van der Waals surface area contributed by atoms with Crippen LogP contribution in [0.1, 0.15) is 17.5 Å². The van der Waals surface area contributed by atoms with Crippen LogP contribution in [0.2, 0.25) is 0 Å². The van der Waals surface area contributed by atoms with Gasteiger partial charge in [-0.25, -0.2) is 4.79 Å². The maximum atomic E-state index is 12.4. The summed E-state index contributed by atoms with van der Waals surface area (Å²) in [7, 11) is 0. The Morgan fingerprint density at radius 1 is 0.938 bits per heavy atom. The fraction of sp³-hybridized carbons (Fsp3) is 0.185. The van der Waals surface area contributed by atoms with Crippen LogP contribution < -0.4 is 0 Å². The second kappa shape index (κ2) is 9.62. The molecule has 0 saturated carbocycles. The lowest BCUT2D eigenvalue weighted by Crippen LogP contribution is -2.39. The van der Waals surface area contributed by atoms with Gasteiger partial charge in [-0.1, -0.05) is 84.9 Å². The minimum Gasteiger partial charge on any atom is -0.461 e. The van der Waals surface area contributed by atoms with Crippen molar-refractivity contribution in [2.45, 2.75) is 18.4 Å². The second-order valence-electron chi connectivity index (χ2n) is 7.89. The average Bonchev–Trinajstić information content (AvgIpc) is 3.15. The van der Waals surface area contributed by atoms with Gasteiger partial charge in [0.2, 0.25) is 0 Å². The molecule has 0 radical (unpaired) electrons. The number of aliphatic hydroxyl groups is 1. The van der Waals surface area contributed by atoms with Crippen LogP contribution in [0.4, 0.5) is 0 Å². The van der Waals surface area contributed by atoms with Crippen molar-refractivity contribution in [1.29, 1.82) is 0 Å². The van der Waals surface area contributed by atoms with Crippen LogP contribution in [0.5, 0.6) is 0 Å². The molecule has 1 aliphatic heterocycles. The zero-order chi connectivity index (χ0) is 22.4. The first-order chi connectivity index (χ1) is 15.6. The first-order valence-corrected chi connectivity index (χ1v) is 10.5. The maximum absolute atomic E-state index is 12.4. The number of hydrogen-bond donors (Lipinski definition) is 1. The van der Waals surface area contributed by atoms with Gasteiger partial charge in [-0.15, -0.1) is 0 Å². The zero-order valence-electron chi connectivity index (χ0n) is 17.6. The highest BCUT2D eigenvalue weighted by atomic mass is 16.6. The highest BCUT2D eigenvalue weighted by Gasteiger charge is 2.44. The van der Waals surface area contributed by atoms with Crippen LogP contribution in [0, 0.1) is 0 Å². The van der Waals surface area contributed by atoms with E-state index in [1.54, 1.807) is 6.08 Å². The molecule has 1 unspecified atom stereocenters. The summed E-state index contributed by atoms with van der Waals surface area (Å²) in [6.07, 6.45) is 2.04. The normalized spacial score (nSPS) is 19.0. The number of carbonyl (C=O) groups excluding carboxylic acids is 2. The van der Waals surface area contributed by atoms with E-state index < -0.39 is 24.1 Å². The summed E-state index contributed by atoms with van der Waals surface area (Å²) < 4.78 is 10.8. The van der Waals surface area contributed by atoms with Gasteiger partial charge in [0, 0.05) is 12.0 Å². The number of ether oxygens (including phenoxy) is 2. The van der Waals surface area contributed by atoms with Gasteiger partial charge in [-0.05, 0) is 28.3 Å². The molecule has 0 aromatic heterocycles. The van der Waals surface area contributed by atoms with Crippen molar-refractivity contribution in [3.63, 3.8) is 0 Å². The topological polar surface area (TPSA) is 72.8 Å². The molecule has 1 fully saturated rings. The average molecular weight is 428 g/mol. The fourth-order valence-corrected chi connectivity index (χ4v) is 3.67. The maximum Gasteiger partial charge on any atom is 0.334 e. The van der Waals surface area contributed by atoms with E-state index >= 15 is 0 Å². The minimum atomic E-state index is -1.25. The number of benzene rings is 3. The SMILES string of the molecule is O=C(Cc1ccccc1)OCC1(CO)C/C(=C\c2ccc(-c3ccccc3)cc2)C(=O)O1. The van der Waals surface area contributed by atoms with E-state index in [4.69, 9.17) is 9.47 Å². The van der Waals surface area contributed by atoms with Crippen molar-refractivity contribution in [3.8, 4) is 11.1 Å². The predicted octanol–water partition coefficient (Wildman–Crippen LogP) is 4.20. The number of esters is 2. The molecule has 1 atom stereocenters.